The predicted molar refractivity (Wildman–Crippen MR) is 82.8 cm³/mol. The van der Waals surface area contributed by atoms with Crippen LogP contribution in [0.1, 0.15) is 29.7 Å². The highest BCUT2D eigenvalue weighted by atomic mass is 16.4. The Kier molecular flexibility index (Phi) is 4.64. The van der Waals surface area contributed by atoms with Crippen LogP contribution in [0.15, 0.2) is 42.5 Å². The molecule has 0 amide bonds. The number of aryl methyl sites for hydroxylation is 1. The third kappa shape index (κ3) is 3.55. The van der Waals surface area contributed by atoms with Crippen LogP contribution in [0.5, 0.6) is 0 Å². The van der Waals surface area contributed by atoms with Gasteiger partial charge in [0.2, 0.25) is 0 Å². The molecule has 0 aliphatic rings. The van der Waals surface area contributed by atoms with Crippen molar-refractivity contribution in [3.8, 4) is 6.07 Å². The fourth-order valence-electron chi connectivity index (χ4n) is 2.20. The van der Waals surface area contributed by atoms with Crippen LogP contribution in [0.3, 0.4) is 0 Å². The topological polar surface area (TPSA) is 102 Å². The van der Waals surface area contributed by atoms with Gasteiger partial charge in [-0.3, -0.25) is 0 Å². The number of carbonyl (C=O) groups is 1. The van der Waals surface area contributed by atoms with Crippen molar-refractivity contribution in [2.45, 2.75) is 19.4 Å². The smallest absolute Gasteiger partial charge is 0.0991 e. The summed E-state index contributed by atoms with van der Waals surface area (Å²) in [7, 11) is 0. The number of anilines is 2. The van der Waals surface area contributed by atoms with E-state index in [-0.39, 0.29) is 0 Å². The van der Waals surface area contributed by atoms with Gasteiger partial charge in [0.15, 0.2) is 0 Å². The van der Waals surface area contributed by atoms with Gasteiger partial charge in [-0.05, 0) is 53.9 Å². The lowest BCUT2D eigenvalue weighted by molar-refractivity contribution is -0.307. The number of rotatable bonds is 5. The third-order valence-corrected chi connectivity index (χ3v) is 3.34. The number of hydrogen-bond acceptors (Lipinski definition) is 5. The lowest BCUT2D eigenvalue weighted by atomic mass is 10.0. The average Bonchev–Trinajstić information content (AvgIpc) is 2.52. The van der Waals surface area contributed by atoms with Gasteiger partial charge in [0.25, 0.3) is 0 Å². The van der Waals surface area contributed by atoms with E-state index in [2.05, 4.69) is 5.32 Å². The monoisotopic (exact) mass is 294 g/mol. The van der Waals surface area contributed by atoms with E-state index in [1.807, 2.05) is 19.1 Å². The Hall–Kier alpha value is -3.00. The summed E-state index contributed by atoms with van der Waals surface area (Å²) >= 11 is 0. The Balaban J connectivity index is 2.32. The summed E-state index contributed by atoms with van der Waals surface area (Å²) in [6, 6.07) is 12.8. The predicted octanol–water partition coefficient (Wildman–Crippen LogP) is 1.61. The van der Waals surface area contributed by atoms with Crippen LogP contribution in [-0.2, 0) is 11.2 Å². The zero-order chi connectivity index (χ0) is 16.1. The fraction of sp³-hybridized carbons (Fsp3) is 0.176. The third-order valence-electron chi connectivity index (χ3n) is 3.34. The van der Waals surface area contributed by atoms with E-state index in [0.29, 0.717) is 22.5 Å². The number of nitrogen functional groups attached to an aromatic ring is 1. The van der Waals surface area contributed by atoms with Crippen LogP contribution in [0, 0.1) is 11.3 Å². The summed E-state index contributed by atoms with van der Waals surface area (Å²) in [5, 5.41) is 23.1. The molecule has 0 spiro atoms. The first kappa shape index (κ1) is 15.4. The maximum Gasteiger partial charge on any atom is 0.0991 e. The summed E-state index contributed by atoms with van der Waals surface area (Å²) < 4.78 is 0. The molecular formula is C17H16N3O2-. The first-order valence-electron chi connectivity index (χ1n) is 6.90. The molecule has 5 heteroatoms. The molecule has 3 N–H and O–H groups in total. The number of nitrogens with two attached hydrogens (primary N) is 1. The lowest BCUT2D eigenvalue weighted by Gasteiger charge is -2.22. The zero-order valence-corrected chi connectivity index (χ0v) is 12.2. The van der Waals surface area contributed by atoms with E-state index in [1.165, 1.54) is 0 Å². The van der Waals surface area contributed by atoms with E-state index in [1.54, 1.807) is 36.4 Å². The number of hydrogen-bond donors (Lipinski definition) is 2. The molecule has 0 saturated heterocycles. The largest absolute Gasteiger partial charge is 0.548 e. The molecule has 112 valence electrons. The standard InChI is InChI=1S/C17H17N3O2/c1-2-11-7-13(9-14(19)8-11)16(17(21)22)20-15-5-3-12(10-18)4-6-15/h3-9,16,20H,2,19H2,1H3,(H,21,22)/p-1. The van der Waals surface area contributed by atoms with Crippen LogP contribution in [-0.4, -0.2) is 5.97 Å². The van der Waals surface area contributed by atoms with Gasteiger partial charge in [-0.2, -0.15) is 5.26 Å². The second-order valence-electron chi connectivity index (χ2n) is 4.95. The van der Waals surface area contributed by atoms with Gasteiger partial charge in [-0.15, -0.1) is 0 Å². The minimum absolute atomic E-state index is 0.507. The maximum atomic E-state index is 11.5. The summed E-state index contributed by atoms with van der Waals surface area (Å²) in [4.78, 5) is 11.5. The first-order valence-corrected chi connectivity index (χ1v) is 6.90. The van der Waals surface area contributed by atoms with Crippen LogP contribution in [0.25, 0.3) is 0 Å². The van der Waals surface area contributed by atoms with E-state index in [9.17, 15) is 9.90 Å². The molecule has 0 bridgehead atoms. The van der Waals surface area contributed by atoms with Gasteiger partial charge in [0, 0.05) is 11.4 Å². The SMILES string of the molecule is CCc1cc(N)cc(C(Nc2ccc(C#N)cc2)C(=O)[O-])c1. The second-order valence-corrected chi connectivity index (χ2v) is 4.95. The molecule has 2 rings (SSSR count). The van der Waals surface area contributed by atoms with E-state index < -0.39 is 12.0 Å². The van der Waals surface area contributed by atoms with Crippen molar-refractivity contribution in [1.82, 2.24) is 0 Å². The minimum atomic E-state index is -1.24. The fourth-order valence-corrected chi connectivity index (χ4v) is 2.20. The Labute approximate surface area is 129 Å². The van der Waals surface area contributed by atoms with Crippen LogP contribution in [0.2, 0.25) is 0 Å². The highest BCUT2D eigenvalue weighted by molar-refractivity contribution is 5.78. The molecule has 0 aliphatic carbocycles. The van der Waals surface area contributed by atoms with Crippen molar-refractivity contribution in [3.05, 3.63) is 59.2 Å². The van der Waals surface area contributed by atoms with Crippen molar-refractivity contribution >= 4 is 17.3 Å². The van der Waals surface area contributed by atoms with E-state index in [4.69, 9.17) is 11.0 Å². The number of aliphatic carboxylic acids is 1. The van der Waals surface area contributed by atoms with Gasteiger partial charge in [0.1, 0.15) is 0 Å². The van der Waals surface area contributed by atoms with E-state index in [0.717, 1.165) is 12.0 Å². The molecule has 0 heterocycles. The minimum Gasteiger partial charge on any atom is -0.548 e. The molecule has 2 aromatic rings. The summed E-state index contributed by atoms with van der Waals surface area (Å²) in [5.41, 5.74) is 8.95. The summed E-state index contributed by atoms with van der Waals surface area (Å²) in [6.45, 7) is 1.97. The molecule has 1 atom stereocenters. The molecule has 0 aromatic heterocycles. The van der Waals surface area contributed by atoms with Gasteiger partial charge >= 0.3 is 0 Å². The molecule has 0 radical (unpaired) electrons. The quantitative estimate of drug-likeness (QED) is 0.816. The van der Waals surface area contributed by atoms with Crippen LogP contribution >= 0.6 is 0 Å². The van der Waals surface area contributed by atoms with Gasteiger partial charge in [-0.25, -0.2) is 0 Å². The molecule has 2 aromatic carbocycles. The molecular weight excluding hydrogens is 278 g/mol. The summed E-state index contributed by atoms with van der Waals surface area (Å²) in [5.74, 6) is -1.24. The molecule has 0 aliphatic heterocycles. The number of carbonyl (C=O) groups excluding carboxylic acids is 1. The number of nitrogens with one attached hydrogen (secondary N) is 1. The number of nitriles is 1. The summed E-state index contributed by atoms with van der Waals surface area (Å²) in [6.07, 6.45) is 0.759. The van der Waals surface area contributed by atoms with Gasteiger partial charge < -0.3 is 21.0 Å². The van der Waals surface area contributed by atoms with Crippen LogP contribution in [0.4, 0.5) is 11.4 Å². The Morgan fingerprint density at radius 3 is 2.55 bits per heavy atom. The zero-order valence-electron chi connectivity index (χ0n) is 12.2. The van der Waals surface area contributed by atoms with Crippen LogP contribution < -0.4 is 16.2 Å². The van der Waals surface area contributed by atoms with Gasteiger partial charge in [-0.1, -0.05) is 13.0 Å². The number of carboxylic acid groups (broad SMARTS) is 1. The normalized spacial score (nSPS) is 11.5. The van der Waals surface area contributed by atoms with Gasteiger partial charge in [0.05, 0.1) is 23.6 Å². The highest BCUT2D eigenvalue weighted by Crippen LogP contribution is 2.23. The van der Waals surface area contributed by atoms with Crippen molar-refractivity contribution in [2.24, 2.45) is 0 Å². The Morgan fingerprint density at radius 1 is 1.32 bits per heavy atom. The number of nitrogens with zero attached hydrogens (tertiary/aromatic N) is 1. The van der Waals surface area contributed by atoms with E-state index >= 15 is 0 Å². The molecule has 0 fully saturated rings. The van der Waals surface area contributed by atoms with Crippen molar-refractivity contribution in [2.75, 3.05) is 11.1 Å². The first-order chi connectivity index (χ1) is 10.5. The van der Waals surface area contributed by atoms with Crippen molar-refractivity contribution in [1.29, 1.82) is 5.26 Å². The number of benzene rings is 2. The Morgan fingerprint density at radius 2 is 2.00 bits per heavy atom. The molecule has 0 saturated carbocycles. The van der Waals surface area contributed by atoms with Crippen molar-refractivity contribution < 1.29 is 9.90 Å². The molecule has 22 heavy (non-hydrogen) atoms. The average molecular weight is 294 g/mol. The highest BCUT2D eigenvalue weighted by Gasteiger charge is 2.14. The molecule has 5 nitrogen and oxygen atoms in total. The lowest BCUT2D eigenvalue weighted by Crippen LogP contribution is -2.34. The maximum absolute atomic E-state index is 11.5. The van der Waals surface area contributed by atoms with Crippen molar-refractivity contribution in [3.63, 3.8) is 0 Å². The molecule has 1 unspecified atom stereocenters. The Bertz CT molecular complexity index is 718. The second kappa shape index (κ2) is 6.64. The number of carboxylic acids is 1.